The van der Waals surface area contributed by atoms with Crippen LogP contribution in [0.1, 0.15) is 15.9 Å². The normalized spacial score (nSPS) is 11.4. The molecule has 0 spiro atoms. The first-order valence-corrected chi connectivity index (χ1v) is 7.54. The molecule has 2 heterocycles. The molecule has 140 valence electrons. The van der Waals surface area contributed by atoms with Crippen LogP contribution in [0.2, 0.25) is 0 Å². The zero-order valence-corrected chi connectivity index (χ0v) is 13.9. The first-order valence-electron chi connectivity index (χ1n) is 7.54. The lowest BCUT2D eigenvalue weighted by Crippen LogP contribution is -2.19. The summed E-state index contributed by atoms with van der Waals surface area (Å²) < 4.78 is 44.1. The number of rotatable bonds is 4. The quantitative estimate of drug-likeness (QED) is 0.711. The smallest absolute Gasteiger partial charge is 0.416 e. The second-order valence-corrected chi connectivity index (χ2v) is 5.52. The number of anilines is 3. The molecule has 7 nitrogen and oxygen atoms in total. The van der Waals surface area contributed by atoms with Gasteiger partial charge in [0.15, 0.2) is 11.6 Å². The van der Waals surface area contributed by atoms with Crippen LogP contribution in [0.25, 0.3) is 11.5 Å². The van der Waals surface area contributed by atoms with Crippen LogP contribution in [0.15, 0.2) is 47.1 Å². The van der Waals surface area contributed by atoms with Gasteiger partial charge in [0, 0.05) is 12.7 Å². The molecule has 2 aromatic heterocycles. The molecule has 0 saturated carbocycles. The van der Waals surface area contributed by atoms with E-state index in [9.17, 15) is 23.1 Å². The minimum absolute atomic E-state index is 0.0752. The molecule has 27 heavy (non-hydrogen) atoms. The van der Waals surface area contributed by atoms with Crippen LogP contribution in [0, 0.1) is 0 Å². The molecule has 0 unspecified atom stereocenters. The molecular formula is C17H13F3N4O3. The number of nitrogen functional groups attached to an aromatic ring is 1. The maximum absolute atomic E-state index is 13.0. The molecule has 0 radical (unpaired) electrons. The number of furan rings is 1. The Bertz CT molecular complexity index is 988. The predicted molar refractivity (Wildman–Crippen MR) is 90.6 cm³/mol. The lowest BCUT2D eigenvalue weighted by Gasteiger charge is -2.22. The number of alkyl halides is 3. The molecule has 0 atom stereocenters. The van der Waals surface area contributed by atoms with E-state index in [1.165, 1.54) is 42.5 Å². The van der Waals surface area contributed by atoms with Gasteiger partial charge in [-0.15, -0.1) is 0 Å². The van der Waals surface area contributed by atoms with Gasteiger partial charge in [-0.3, -0.25) is 0 Å². The lowest BCUT2D eigenvalue weighted by molar-refractivity contribution is -0.137. The number of aromatic nitrogens is 2. The summed E-state index contributed by atoms with van der Waals surface area (Å²) in [5.41, 5.74) is 4.46. The first-order chi connectivity index (χ1) is 12.7. The van der Waals surface area contributed by atoms with Gasteiger partial charge in [0.2, 0.25) is 5.95 Å². The number of carbonyl (C=O) groups is 1. The Morgan fingerprint density at radius 1 is 1.22 bits per heavy atom. The summed E-state index contributed by atoms with van der Waals surface area (Å²) in [5, 5.41) is 9.65. The fraction of sp³-hybridized carbons (Fsp3) is 0.118. The van der Waals surface area contributed by atoms with Crippen LogP contribution in [-0.4, -0.2) is 28.1 Å². The van der Waals surface area contributed by atoms with Gasteiger partial charge in [-0.25, -0.2) is 9.78 Å². The van der Waals surface area contributed by atoms with Gasteiger partial charge in [-0.05, 0) is 30.3 Å². The molecule has 0 bridgehead atoms. The van der Waals surface area contributed by atoms with Gasteiger partial charge in [0.1, 0.15) is 11.3 Å². The third kappa shape index (κ3) is 3.54. The number of carboxylic acids is 1. The molecule has 0 aliphatic rings. The van der Waals surface area contributed by atoms with Crippen LogP contribution in [0.4, 0.5) is 30.6 Å². The molecule has 3 rings (SSSR count). The summed E-state index contributed by atoms with van der Waals surface area (Å²) >= 11 is 0. The number of aromatic carboxylic acids is 1. The van der Waals surface area contributed by atoms with E-state index in [2.05, 4.69) is 9.97 Å². The number of nitrogens with zero attached hydrogens (tertiary/aromatic N) is 3. The van der Waals surface area contributed by atoms with Crippen molar-refractivity contribution in [3.63, 3.8) is 0 Å². The van der Waals surface area contributed by atoms with Crippen molar-refractivity contribution in [1.82, 2.24) is 9.97 Å². The molecule has 0 amide bonds. The van der Waals surface area contributed by atoms with Gasteiger partial charge in [0.05, 0.1) is 11.8 Å². The molecule has 10 heteroatoms. The van der Waals surface area contributed by atoms with E-state index in [0.717, 1.165) is 12.1 Å². The SMILES string of the molecule is CN(c1cccc(C(F)(F)F)c1)c1nc(N)nc(-c2ccco2)c1C(=O)O. The van der Waals surface area contributed by atoms with Crippen molar-refractivity contribution in [3.05, 3.63) is 53.8 Å². The van der Waals surface area contributed by atoms with Crippen molar-refractivity contribution in [2.24, 2.45) is 0 Å². The van der Waals surface area contributed by atoms with Crippen molar-refractivity contribution >= 4 is 23.4 Å². The fourth-order valence-corrected chi connectivity index (χ4v) is 2.51. The second kappa shape index (κ2) is 6.63. The van der Waals surface area contributed by atoms with E-state index in [0.29, 0.717) is 0 Å². The molecule has 0 fully saturated rings. The zero-order valence-electron chi connectivity index (χ0n) is 13.9. The van der Waals surface area contributed by atoms with E-state index < -0.39 is 17.7 Å². The van der Waals surface area contributed by atoms with Crippen LogP contribution >= 0.6 is 0 Å². The molecule has 0 aliphatic heterocycles. The summed E-state index contributed by atoms with van der Waals surface area (Å²) in [4.78, 5) is 20.9. The van der Waals surface area contributed by atoms with Crippen molar-refractivity contribution in [2.45, 2.75) is 6.18 Å². The van der Waals surface area contributed by atoms with Gasteiger partial charge < -0.3 is 20.2 Å². The number of carboxylic acid groups (broad SMARTS) is 1. The molecule has 1 aromatic carbocycles. The van der Waals surface area contributed by atoms with E-state index in [1.807, 2.05) is 0 Å². The number of halogens is 3. The Labute approximate surface area is 150 Å². The van der Waals surface area contributed by atoms with E-state index in [4.69, 9.17) is 10.2 Å². The highest BCUT2D eigenvalue weighted by Gasteiger charge is 2.31. The van der Waals surface area contributed by atoms with Crippen LogP contribution in [0.3, 0.4) is 0 Å². The molecule has 0 aliphatic carbocycles. The molecule has 3 N–H and O–H groups in total. The van der Waals surface area contributed by atoms with Crippen LogP contribution in [-0.2, 0) is 6.18 Å². The fourth-order valence-electron chi connectivity index (χ4n) is 2.51. The minimum atomic E-state index is -4.55. The van der Waals surface area contributed by atoms with Crippen molar-refractivity contribution in [2.75, 3.05) is 17.7 Å². The third-order valence-electron chi connectivity index (χ3n) is 3.75. The summed E-state index contributed by atoms with van der Waals surface area (Å²) in [6.07, 6.45) is -3.22. The number of nitrogens with two attached hydrogens (primary N) is 1. The monoisotopic (exact) mass is 378 g/mol. The zero-order chi connectivity index (χ0) is 19.8. The summed E-state index contributed by atoms with van der Waals surface area (Å²) in [6.45, 7) is 0. The molecular weight excluding hydrogens is 365 g/mol. The number of hydrogen-bond acceptors (Lipinski definition) is 6. The summed E-state index contributed by atoms with van der Waals surface area (Å²) in [7, 11) is 1.38. The Morgan fingerprint density at radius 2 is 1.96 bits per heavy atom. The van der Waals surface area contributed by atoms with E-state index in [-0.39, 0.29) is 34.5 Å². The average Bonchev–Trinajstić information content (AvgIpc) is 3.14. The highest BCUT2D eigenvalue weighted by molar-refractivity contribution is 6.00. The van der Waals surface area contributed by atoms with Crippen LogP contribution < -0.4 is 10.6 Å². The van der Waals surface area contributed by atoms with Gasteiger partial charge in [-0.1, -0.05) is 6.07 Å². The average molecular weight is 378 g/mol. The first kappa shape index (κ1) is 18.2. The molecule has 3 aromatic rings. The molecule has 0 saturated heterocycles. The Balaban J connectivity index is 2.18. The lowest BCUT2D eigenvalue weighted by atomic mass is 10.1. The van der Waals surface area contributed by atoms with Gasteiger partial charge in [-0.2, -0.15) is 18.2 Å². The highest BCUT2D eigenvalue weighted by atomic mass is 19.4. The van der Waals surface area contributed by atoms with Crippen molar-refractivity contribution in [3.8, 4) is 11.5 Å². The Morgan fingerprint density at radius 3 is 2.56 bits per heavy atom. The largest absolute Gasteiger partial charge is 0.477 e. The van der Waals surface area contributed by atoms with Gasteiger partial charge in [0.25, 0.3) is 0 Å². The van der Waals surface area contributed by atoms with Gasteiger partial charge >= 0.3 is 12.1 Å². The number of benzene rings is 1. The van der Waals surface area contributed by atoms with Crippen molar-refractivity contribution in [1.29, 1.82) is 0 Å². The predicted octanol–water partition coefficient (Wildman–Crippen LogP) is 3.80. The van der Waals surface area contributed by atoms with E-state index in [1.54, 1.807) is 0 Å². The Hall–Kier alpha value is -3.56. The Kier molecular flexibility index (Phi) is 4.48. The second-order valence-electron chi connectivity index (χ2n) is 5.52. The third-order valence-corrected chi connectivity index (χ3v) is 3.75. The maximum atomic E-state index is 13.0. The number of hydrogen-bond donors (Lipinski definition) is 2. The van der Waals surface area contributed by atoms with Crippen molar-refractivity contribution < 1.29 is 27.5 Å². The maximum Gasteiger partial charge on any atom is 0.416 e. The topological polar surface area (TPSA) is 105 Å². The van der Waals surface area contributed by atoms with Crippen LogP contribution in [0.5, 0.6) is 0 Å². The highest BCUT2D eigenvalue weighted by Crippen LogP contribution is 2.35. The standard InChI is InChI=1S/C17H13F3N4O3/c1-24(10-5-2-4-9(8-10)17(18,19)20)14-12(15(25)26)13(22-16(21)23-14)11-6-3-7-27-11/h2-8H,1H3,(H,25,26)(H2,21,22,23). The summed E-state index contributed by atoms with van der Waals surface area (Å²) in [6, 6.07) is 7.44. The van der Waals surface area contributed by atoms with E-state index >= 15 is 0 Å². The summed E-state index contributed by atoms with van der Waals surface area (Å²) in [5.74, 6) is -1.66. The minimum Gasteiger partial charge on any atom is -0.477 e.